The summed E-state index contributed by atoms with van der Waals surface area (Å²) in [5, 5.41) is 11.4. The monoisotopic (exact) mass is 331 g/mol. The van der Waals surface area contributed by atoms with Gasteiger partial charge in [0.1, 0.15) is 11.9 Å². The number of aliphatic hydroxyl groups is 1. The number of aliphatic hydroxyl groups excluding tert-OH is 1. The SMILES string of the molecule is OC(c1c(F)cccc1Br)c1cccc2ncccc12. The Bertz CT molecular complexity index is 750. The fourth-order valence-corrected chi connectivity index (χ4v) is 2.85. The van der Waals surface area contributed by atoms with E-state index in [-0.39, 0.29) is 5.56 Å². The Morgan fingerprint density at radius 2 is 1.85 bits per heavy atom. The Morgan fingerprint density at radius 3 is 2.65 bits per heavy atom. The molecule has 1 aromatic heterocycles. The number of pyridine rings is 1. The summed E-state index contributed by atoms with van der Waals surface area (Å²) in [5.41, 5.74) is 1.65. The molecule has 0 saturated carbocycles. The topological polar surface area (TPSA) is 33.1 Å². The Labute approximate surface area is 124 Å². The van der Waals surface area contributed by atoms with E-state index in [1.54, 1.807) is 30.5 Å². The molecule has 0 bridgehead atoms. The molecule has 0 saturated heterocycles. The summed E-state index contributed by atoms with van der Waals surface area (Å²) in [6.45, 7) is 0. The zero-order valence-electron chi connectivity index (χ0n) is 10.4. The average molecular weight is 332 g/mol. The second-order valence-corrected chi connectivity index (χ2v) is 5.31. The molecule has 0 aliphatic heterocycles. The molecule has 1 N–H and O–H groups in total. The van der Waals surface area contributed by atoms with E-state index in [0.29, 0.717) is 10.0 Å². The molecule has 1 unspecified atom stereocenters. The van der Waals surface area contributed by atoms with Crippen LogP contribution in [-0.4, -0.2) is 10.1 Å². The van der Waals surface area contributed by atoms with E-state index in [4.69, 9.17) is 0 Å². The van der Waals surface area contributed by atoms with Crippen molar-refractivity contribution < 1.29 is 9.50 Å². The minimum Gasteiger partial charge on any atom is -0.383 e. The first-order chi connectivity index (χ1) is 9.68. The van der Waals surface area contributed by atoms with Crippen LogP contribution in [0.5, 0.6) is 0 Å². The van der Waals surface area contributed by atoms with E-state index < -0.39 is 11.9 Å². The molecule has 3 rings (SSSR count). The third-order valence-electron chi connectivity index (χ3n) is 3.25. The Morgan fingerprint density at radius 1 is 1.05 bits per heavy atom. The van der Waals surface area contributed by atoms with Crippen molar-refractivity contribution in [3.8, 4) is 0 Å². The molecule has 1 atom stereocenters. The van der Waals surface area contributed by atoms with Gasteiger partial charge in [-0.15, -0.1) is 0 Å². The van der Waals surface area contributed by atoms with Crippen LogP contribution in [0, 0.1) is 5.82 Å². The molecule has 2 aromatic carbocycles. The van der Waals surface area contributed by atoms with Crippen LogP contribution in [0.2, 0.25) is 0 Å². The van der Waals surface area contributed by atoms with Gasteiger partial charge in [0.15, 0.2) is 0 Å². The molecule has 4 heteroatoms. The van der Waals surface area contributed by atoms with E-state index in [1.807, 2.05) is 18.2 Å². The van der Waals surface area contributed by atoms with Gasteiger partial charge in [0.2, 0.25) is 0 Å². The standard InChI is InChI=1S/C16H11BrFNO/c17-12-6-2-7-13(18)15(12)16(20)11-4-1-8-14-10(11)5-3-9-19-14/h1-9,16,20H. The van der Waals surface area contributed by atoms with Gasteiger partial charge in [-0.3, -0.25) is 4.98 Å². The van der Waals surface area contributed by atoms with Crippen molar-refractivity contribution >= 4 is 26.8 Å². The summed E-state index contributed by atoms with van der Waals surface area (Å²) in [5.74, 6) is -0.437. The van der Waals surface area contributed by atoms with Gasteiger partial charge in [0, 0.05) is 21.6 Å². The van der Waals surface area contributed by atoms with E-state index >= 15 is 0 Å². The molecular weight excluding hydrogens is 321 g/mol. The van der Waals surface area contributed by atoms with Gasteiger partial charge >= 0.3 is 0 Å². The first-order valence-electron chi connectivity index (χ1n) is 6.14. The predicted octanol–water partition coefficient (Wildman–Crippen LogP) is 4.22. The lowest BCUT2D eigenvalue weighted by Gasteiger charge is -2.16. The number of hydrogen-bond acceptors (Lipinski definition) is 2. The van der Waals surface area contributed by atoms with Gasteiger partial charge in [-0.05, 0) is 29.8 Å². The van der Waals surface area contributed by atoms with Crippen molar-refractivity contribution in [2.45, 2.75) is 6.10 Å². The Hall–Kier alpha value is -1.78. The molecule has 100 valence electrons. The van der Waals surface area contributed by atoms with Gasteiger partial charge in [0.05, 0.1) is 5.52 Å². The normalized spacial score (nSPS) is 12.6. The first-order valence-corrected chi connectivity index (χ1v) is 6.93. The maximum absolute atomic E-state index is 14.0. The van der Waals surface area contributed by atoms with Gasteiger partial charge in [-0.25, -0.2) is 4.39 Å². The highest BCUT2D eigenvalue weighted by molar-refractivity contribution is 9.10. The number of hydrogen-bond donors (Lipinski definition) is 1. The van der Waals surface area contributed by atoms with Crippen LogP contribution >= 0.6 is 15.9 Å². The van der Waals surface area contributed by atoms with Crippen molar-refractivity contribution in [1.29, 1.82) is 0 Å². The van der Waals surface area contributed by atoms with Crippen molar-refractivity contribution in [3.63, 3.8) is 0 Å². The highest BCUT2D eigenvalue weighted by atomic mass is 79.9. The smallest absolute Gasteiger partial charge is 0.130 e. The van der Waals surface area contributed by atoms with Crippen molar-refractivity contribution in [2.24, 2.45) is 0 Å². The minimum atomic E-state index is -1.04. The third-order valence-corrected chi connectivity index (χ3v) is 3.94. The Balaban J connectivity index is 2.21. The van der Waals surface area contributed by atoms with Crippen LogP contribution in [-0.2, 0) is 0 Å². The third kappa shape index (κ3) is 2.21. The number of nitrogens with zero attached hydrogens (tertiary/aromatic N) is 1. The maximum atomic E-state index is 14.0. The molecule has 0 fully saturated rings. The molecule has 0 amide bonds. The summed E-state index contributed by atoms with van der Waals surface area (Å²) in [4.78, 5) is 4.25. The second kappa shape index (κ2) is 5.31. The number of benzene rings is 2. The zero-order valence-corrected chi connectivity index (χ0v) is 12.0. The maximum Gasteiger partial charge on any atom is 0.130 e. The fourth-order valence-electron chi connectivity index (χ4n) is 2.29. The molecule has 2 nitrogen and oxygen atoms in total. The predicted molar refractivity (Wildman–Crippen MR) is 79.9 cm³/mol. The number of aromatic nitrogens is 1. The van der Waals surface area contributed by atoms with Crippen LogP contribution in [0.4, 0.5) is 4.39 Å². The second-order valence-electron chi connectivity index (χ2n) is 4.46. The lowest BCUT2D eigenvalue weighted by Crippen LogP contribution is -2.04. The lowest BCUT2D eigenvalue weighted by atomic mass is 9.97. The number of fused-ring (bicyclic) bond motifs is 1. The number of halogens is 2. The average Bonchev–Trinajstić information content (AvgIpc) is 2.46. The summed E-state index contributed by atoms with van der Waals surface area (Å²) >= 11 is 3.29. The lowest BCUT2D eigenvalue weighted by molar-refractivity contribution is 0.215. The molecule has 0 aliphatic carbocycles. The fraction of sp³-hybridized carbons (Fsp3) is 0.0625. The number of rotatable bonds is 2. The van der Waals surface area contributed by atoms with E-state index in [9.17, 15) is 9.50 Å². The summed E-state index contributed by atoms with van der Waals surface area (Å²) in [6.07, 6.45) is 0.649. The van der Waals surface area contributed by atoms with E-state index in [2.05, 4.69) is 20.9 Å². The van der Waals surface area contributed by atoms with Gasteiger partial charge < -0.3 is 5.11 Å². The van der Waals surface area contributed by atoms with Gasteiger partial charge in [-0.1, -0.05) is 40.2 Å². The van der Waals surface area contributed by atoms with Crippen LogP contribution < -0.4 is 0 Å². The first kappa shape index (κ1) is 13.2. The van der Waals surface area contributed by atoms with E-state index in [0.717, 1.165) is 10.9 Å². The quantitative estimate of drug-likeness (QED) is 0.762. The van der Waals surface area contributed by atoms with Crippen LogP contribution in [0.25, 0.3) is 10.9 Å². The van der Waals surface area contributed by atoms with Crippen molar-refractivity contribution in [1.82, 2.24) is 4.98 Å². The molecule has 0 spiro atoms. The molecule has 20 heavy (non-hydrogen) atoms. The zero-order chi connectivity index (χ0) is 14.1. The van der Waals surface area contributed by atoms with Gasteiger partial charge in [-0.2, -0.15) is 0 Å². The van der Waals surface area contributed by atoms with Crippen LogP contribution in [0.3, 0.4) is 0 Å². The highest BCUT2D eigenvalue weighted by Gasteiger charge is 2.19. The van der Waals surface area contributed by atoms with Crippen LogP contribution in [0.15, 0.2) is 59.2 Å². The molecule has 0 aliphatic rings. The molecular formula is C16H11BrFNO. The van der Waals surface area contributed by atoms with Gasteiger partial charge in [0.25, 0.3) is 0 Å². The summed E-state index contributed by atoms with van der Waals surface area (Å²) in [7, 11) is 0. The summed E-state index contributed by atoms with van der Waals surface area (Å²) < 4.78 is 14.5. The van der Waals surface area contributed by atoms with Crippen LogP contribution in [0.1, 0.15) is 17.2 Å². The van der Waals surface area contributed by atoms with E-state index in [1.165, 1.54) is 6.07 Å². The molecule has 1 heterocycles. The van der Waals surface area contributed by atoms with Crippen molar-refractivity contribution in [3.05, 3.63) is 76.1 Å². The highest BCUT2D eigenvalue weighted by Crippen LogP contribution is 2.33. The molecule has 0 radical (unpaired) electrons. The van der Waals surface area contributed by atoms with Crippen molar-refractivity contribution in [2.75, 3.05) is 0 Å². The Kier molecular flexibility index (Phi) is 3.51. The molecule has 3 aromatic rings. The largest absolute Gasteiger partial charge is 0.383 e. The minimum absolute atomic E-state index is 0.240. The summed E-state index contributed by atoms with van der Waals surface area (Å²) in [6, 6.07) is 13.8.